The zero-order chi connectivity index (χ0) is 19.9. The van der Waals surface area contributed by atoms with Gasteiger partial charge in [0.1, 0.15) is 30.2 Å². The van der Waals surface area contributed by atoms with Crippen LogP contribution in [0, 0.1) is 0 Å². The van der Waals surface area contributed by atoms with E-state index in [1.54, 1.807) is 0 Å². The zero-order valence-electron chi connectivity index (χ0n) is 14.0. The molecular weight excluding hydrogens is 370 g/mol. The fraction of sp³-hybridized carbons (Fsp3) is 0.533. The van der Waals surface area contributed by atoms with Crippen LogP contribution in [0.2, 0.25) is 0 Å². The Balaban J connectivity index is 1.96. The predicted octanol–water partition coefficient (Wildman–Crippen LogP) is -2.82. The number of rotatable bonds is 4. The Bertz CT molecular complexity index is 713. The molecule has 6 N–H and O–H groups in total. The molecule has 2 aliphatic heterocycles. The lowest BCUT2D eigenvalue weighted by atomic mass is 9.98. The molecule has 1 amide bonds. The summed E-state index contributed by atoms with van der Waals surface area (Å²) >= 11 is 0. The highest BCUT2D eigenvalue weighted by Gasteiger charge is 2.55. The summed E-state index contributed by atoms with van der Waals surface area (Å²) in [5.41, 5.74) is -0.240. The summed E-state index contributed by atoms with van der Waals surface area (Å²) in [6.45, 7) is -0.736. The lowest BCUT2D eigenvalue weighted by Gasteiger charge is -2.43. The minimum Gasteiger partial charge on any atom is -0.497 e. The van der Waals surface area contributed by atoms with Crippen LogP contribution in [0.15, 0.2) is 18.2 Å². The van der Waals surface area contributed by atoms with E-state index in [2.05, 4.69) is 0 Å². The van der Waals surface area contributed by atoms with Gasteiger partial charge in [0.15, 0.2) is 12.0 Å². The first-order valence-electron chi connectivity index (χ1n) is 7.83. The fourth-order valence-electron chi connectivity index (χ4n) is 2.81. The summed E-state index contributed by atoms with van der Waals surface area (Å²) < 4.78 is 15.3. The van der Waals surface area contributed by atoms with Crippen LogP contribution in [-0.4, -0.2) is 86.3 Å². The summed E-state index contributed by atoms with van der Waals surface area (Å²) in [6.07, 6.45) is -8.49. The first kappa shape index (κ1) is 19.7. The van der Waals surface area contributed by atoms with Crippen LogP contribution in [0.25, 0.3) is 0 Å². The van der Waals surface area contributed by atoms with Gasteiger partial charge in [-0.1, -0.05) is 0 Å². The number of amides is 1. The average Bonchev–Trinajstić information content (AvgIpc) is 2.66. The molecule has 12 nitrogen and oxygen atoms in total. The molecule has 1 saturated heterocycles. The molecule has 1 fully saturated rings. The molecule has 0 spiro atoms. The first-order valence-corrected chi connectivity index (χ1v) is 7.83. The first-order chi connectivity index (χ1) is 12.7. The number of ether oxygens (including phenoxy) is 3. The molecule has 27 heavy (non-hydrogen) atoms. The van der Waals surface area contributed by atoms with E-state index in [1.165, 1.54) is 25.3 Å². The number of aliphatic hydroxyl groups excluding tert-OH is 4. The monoisotopic (exact) mass is 389 g/mol. The third kappa shape index (κ3) is 3.22. The summed E-state index contributed by atoms with van der Waals surface area (Å²) in [5, 5.41) is 59.1. The Morgan fingerprint density at radius 3 is 2.56 bits per heavy atom. The van der Waals surface area contributed by atoms with Gasteiger partial charge in [0, 0.05) is 6.07 Å². The molecule has 12 heteroatoms. The molecule has 0 saturated carbocycles. The number of carbonyl (C=O) groups is 1. The van der Waals surface area contributed by atoms with Crippen molar-refractivity contribution in [3.05, 3.63) is 23.8 Å². The smallest absolute Gasteiger partial charge is 0.348 e. The molecule has 2 unspecified atom stereocenters. The molecule has 0 aromatic heterocycles. The van der Waals surface area contributed by atoms with Gasteiger partial charge in [-0.3, -0.25) is 10.0 Å². The number of benzene rings is 1. The van der Waals surface area contributed by atoms with Crippen LogP contribution < -0.4 is 9.57 Å². The second kappa shape index (κ2) is 7.18. The Labute approximate surface area is 152 Å². The van der Waals surface area contributed by atoms with Gasteiger partial charge < -0.3 is 44.6 Å². The number of methoxy groups -OCH3 is 1. The molecule has 1 aromatic rings. The van der Waals surface area contributed by atoms with Gasteiger partial charge in [0.25, 0.3) is 5.79 Å². The maximum absolute atomic E-state index is 12.3. The van der Waals surface area contributed by atoms with Crippen LogP contribution in [0.4, 0.5) is 0 Å². The third-order valence-electron chi connectivity index (χ3n) is 4.34. The highest BCUT2D eigenvalue weighted by molar-refractivity contribution is 5.85. The van der Waals surface area contributed by atoms with E-state index in [9.17, 15) is 35.5 Å². The van der Waals surface area contributed by atoms with E-state index in [-0.39, 0.29) is 22.3 Å². The van der Waals surface area contributed by atoms with Gasteiger partial charge >= 0.3 is 5.91 Å². The van der Waals surface area contributed by atoms with Crippen molar-refractivity contribution in [2.45, 2.75) is 36.5 Å². The number of nitrogens with zero attached hydrogens (tertiary/aromatic N) is 1. The summed E-state index contributed by atoms with van der Waals surface area (Å²) in [5.74, 6) is -4.24. The Hall–Kier alpha value is -2.03. The Kier molecular flexibility index (Phi) is 5.24. The van der Waals surface area contributed by atoms with Crippen molar-refractivity contribution in [3.63, 3.8) is 0 Å². The second-order valence-corrected chi connectivity index (χ2v) is 5.99. The fourth-order valence-corrected chi connectivity index (χ4v) is 2.81. The van der Waals surface area contributed by atoms with Crippen molar-refractivity contribution in [3.8, 4) is 11.5 Å². The van der Waals surface area contributed by atoms with E-state index < -0.39 is 49.0 Å². The van der Waals surface area contributed by atoms with Crippen molar-refractivity contribution in [1.82, 2.24) is 5.23 Å². The van der Waals surface area contributed by atoms with Gasteiger partial charge in [0.2, 0.25) is 0 Å². The topological polar surface area (TPSA) is 179 Å². The van der Waals surface area contributed by atoms with Crippen LogP contribution in [-0.2, 0) is 20.1 Å². The Morgan fingerprint density at radius 2 is 1.93 bits per heavy atom. The summed E-state index contributed by atoms with van der Waals surface area (Å²) in [6, 6.07) is 3.86. The normalized spacial score (nSPS) is 36.2. The van der Waals surface area contributed by atoms with E-state index in [1.807, 2.05) is 0 Å². The van der Waals surface area contributed by atoms with Crippen LogP contribution in [0.3, 0.4) is 0 Å². The number of carbonyl (C=O) groups excluding carboxylic acids is 1. The molecular formula is C15H19NO11. The quantitative estimate of drug-likeness (QED) is 0.231. The highest BCUT2D eigenvalue weighted by Crippen LogP contribution is 2.41. The summed E-state index contributed by atoms with van der Waals surface area (Å²) in [7, 11) is 1.36. The number of aliphatic hydroxyl groups is 5. The van der Waals surface area contributed by atoms with Crippen LogP contribution >= 0.6 is 0 Å². The van der Waals surface area contributed by atoms with Gasteiger partial charge in [-0.15, -0.1) is 0 Å². The van der Waals surface area contributed by atoms with Crippen molar-refractivity contribution < 1.29 is 54.6 Å². The minimum absolute atomic E-state index is 0.191. The maximum Gasteiger partial charge on any atom is 0.348 e. The van der Waals surface area contributed by atoms with E-state index in [0.29, 0.717) is 0 Å². The lowest BCUT2D eigenvalue weighted by Crippen LogP contribution is -2.62. The zero-order valence-corrected chi connectivity index (χ0v) is 14.0. The molecule has 0 aliphatic carbocycles. The molecule has 1 aromatic carbocycles. The molecule has 3 rings (SSSR count). The van der Waals surface area contributed by atoms with E-state index in [0.717, 1.165) is 0 Å². The number of hydrogen-bond acceptors (Lipinski definition) is 11. The largest absolute Gasteiger partial charge is 0.497 e. The van der Waals surface area contributed by atoms with Crippen molar-refractivity contribution in [1.29, 1.82) is 0 Å². The predicted molar refractivity (Wildman–Crippen MR) is 81.0 cm³/mol. The van der Waals surface area contributed by atoms with Gasteiger partial charge in [-0.2, -0.15) is 0 Å². The van der Waals surface area contributed by atoms with E-state index in [4.69, 9.17) is 19.0 Å². The maximum atomic E-state index is 12.3. The minimum atomic E-state index is -2.87. The highest BCUT2D eigenvalue weighted by atomic mass is 16.9. The van der Waals surface area contributed by atoms with Crippen molar-refractivity contribution in [2.24, 2.45) is 0 Å². The van der Waals surface area contributed by atoms with Gasteiger partial charge in [-0.05, 0) is 17.4 Å². The molecule has 0 bridgehead atoms. The number of hydrogen-bond donors (Lipinski definition) is 6. The molecule has 0 radical (unpaired) electrons. The lowest BCUT2D eigenvalue weighted by molar-refractivity contribution is -0.377. The number of hydroxylamine groups is 2. The summed E-state index contributed by atoms with van der Waals surface area (Å²) in [4.78, 5) is 17.2. The van der Waals surface area contributed by atoms with Crippen LogP contribution in [0.1, 0.15) is 5.56 Å². The van der Waals surface area contributed by atoms with Crippen molar-refractivity contribution in [2.75, 3.05) is 13.7 Å². The van der Waals surface area contributed by atoms with Crippen molar-refractivity contribution >= 4 is 5.91 Å². The standard InChI is InChI=1S/C15H19NO11/c1-24-6-2-3-7-8(4-6)27-16(23)14(21)15(7,22)26-13-12(20)11(19)10(18)9(5-17)25-13/h2-4,9-13,17-20,22-23H,5H2,1H3/t9-,10-,11+,12-,13?,15?/m1/s1. The van der Waals surface area contributed by atoms with Crippen LogP contribution in [0.5, 0.6) is 11.5 Å². The average molecular weight is 389 g/mol. The molecule has 2 heterocycles. The molecule has 6 atom stereocenters. The van der Waals surface area contributed by atoms with Gasteiger partial charge in [-0.25, -0.2) is 0 Å². The molecule has 150 valence electrons. The number of fused-ring (bicyclic) bond motifs is 1. The third-order valence-corrected chi connectivity index (χ3v) is 4.34. The van der Waals surface area contributed by atoms with Gasteiger partial charge in [0.05, 0.1) is 19.3 Å². The van der Waals surface area contributed by atoms with E-state index >= 15 is 0 Å². The SMILES string of the molecule is COc1ccc2c(c1)ON(O)C(=O)C2(O)OC1O[C@H](CO)[C@@H](O)[C@H](O)[C@H]1O. The Morgan fingerprint density at radius 1 is 1.22 bits per heavy atom. The second-order valence-electron chi connectivity index (χ2n) is 5.99. The molecule has 2 aliphatic rings.